The quantitative estimate of drug-likeness (QED) is 0.773. The first kappa shape index (κ1) is 15.2. The molecule has 0 aliphatic heterocycles. The molecule has 2 aromatic rings. The molecule has 0 saturated carbocycles. The number of rotatable bonds is 4. The Morgan fingerprint density at radius 2 is 1.57 bits per heavy atom. The molecule has 0 aliphatic carbocycles. The highest BCUT2D eigenvalue weighted by atomic mass is 19.4. The van der Waals surface area contributed by atoms with Crippen LogP contribution in [0.15, 0.2) is 48.5 Å². The van der Waals surface area contributed by atoms with E-state index in [2.05, 4.69) is 0 Å². The van der Waals surface area contributed by atoms with Crippen LogP contribution in [0.2, 0.25) is 0 Å². The number of benzene rings is 2. The molecule has 0 N–H and O–H groups in total. The van der Waals surface area contributed by atoms with E-state index in [0.717, 1.165) is 11.6 Å². The van der Waals surface area contributed by atoms with Crippen molar-refractivity contribution < 1.29 is 22.4 Å². The van der Waals surface area contributed by atoms with Crippen LogP contribution in [0.1, 0.15) is 16.7 Å². The maximum absolute atomic E-state index is 13.8. The zero-order chi connectivity index (χ0) is 15.5. The molecular weight excluding hydrogens is 284 g/mol. The molecule has 0 fully saturated rings. The van der Waals surface area contributed by atoms with E-state index in [1.54, 1.807) is 30.3 Å². The molecule has 0 aromatic heterocycles. The van der Waals surface area contributed by atoms with E-state index in [1.165, 1.54) is 6.07 Å². The molecule has 0 aliphatic rings. The Bertz CT molecular complexity index is 632. The minimum Gasteiger partial charge on any atom is -0.299 e. The van der Waals surface area contributed by atoms with Crippen molar-refractivity contribution in [2.75, 3.05) is 0 Å². The van der Waals surface area contributed by atoms with Crippen molar-refractivity contribution in [2.45, 2.75) is 19.0 Å². The third-order valence-corrected chi connectivity index (χ3v) is 3.02. The second kappa shape index (κ2) is 6.08. The summed E-state index contributed by atoms with van der Waals surface area (Å²) in [7, 11) is 0. The average Bonchev–Trinajstić information content (AvgIpc) is 2.41. The van der Waals surface area contributed by atoms with E-state index in [-0.39, 0.29) is 24.2 Å². The van der Waals surface area contributed by atoms with E-state index >= 15 is 0 Å². The van der Waals surface area contributed by atoms with Gasteiger partial charge in [-0.2, -0.15) is 13.2 Å². The fraction of sp³-hybridized carbons (Fsp3) is 0.188. The highest BCUT2D eigenvalue weighted by Crippen LogP contribution is 2.32. The lowest BCUT2D eigenvalue weighted by atomic mass is 10.0. The lowest BCUT2D eigenvalue weighted by Gasteiger charge is -2.10. The minimum absolute atomic E-state index is 0.0660. The second-order valence-electron chi connectivity index (χ2n) is 4.65. The van der Waals surface area contributed by atoms with Crippen LogP contribution in [-0.2, 0) is 23.8 Å². The van der Waals surface area contributed by atoms with Crippen LogP contribution in [0, 0.1) is 5.82 Å². The molecule has 0 bridgehead atoms. The molecule has 0 atom stereocenters. The van der Waals surface area contributed by atoms with Crippen LogP contribution < -0.4 is 0 Å². The van der Waals surface area contributed by atoms with E-state index in [9.17, 15) is 22.4 Å². The summed E-state index contributed by atoms with van der Waals surface area (Å²) >= 11 is 0. The van der Waals surface area contributed by atoms with Crippen molar-refractivity contribution in [3.8, 4) is 0 Å². The van der Waals surface area contributed by atoms with Crippen molar-refractivity contribution in [1.82, 2.24) is 0 Å². The van der Waals surface area contributed by atoms with Gasteiger partial charge in [0, 0.05) is 12.8 Å². The Kier molecular flexibility index (Phi) is 4.40. The molecule has 2 aromatic carbocycles. The molecule has 0 heterocycles. The molecule has 5 heteroatoms. The number of carbonyl (C=O) groups excluding carboxylic acids is 1. The summed E-state index contributed by atoms with van der Waals surface area (Å²) in [6, 6.07) is 11.8. The number of hydrogen-bond donors (Lipinski definition) is 0. The highest BCUT2D eigenvalue weighted by Gasteiger charge is 2.34. The van der Waals surface area contributed by atoms with Gasteiger partial charge < -0.3 is 0 Å². The zero-order valence-electron chi connectivity index (χ0n) is 11.0. The highest BCUT2D eigenvalue weighted by molar-refractivity contribution is 5.83. The third kappa shape index (κ3) is 3.90. The van der Waals surface area contributed by atoms with Gasteiger partial charge in [0.25, 0.3) is 0 Å². The lowest BCUT2D eigenvalue weighted by molar-refractivity contribution is -0.140. The summed E-state index contributed by atoms with van der Waals surface area (Å²) in [5.41, 5.74) is -0.826. The van der Waals surface area contributed by atoms with Crippen molar-refractivity contribution in [3.05, 3.63) is 71.0 Å². The smallest absolute Gasteiger partial charge is 0.299 e. The van der Waals surface area contributed by atoms with E-state index in [4.69, 9.17) is 0 Å². The second-order valence-corrected chi connectivity index (χ2v) is 4.65. The summed E-state index contributed by atoms with van der Waals surface area (Å²) in [5, 5.41) is 0. The summed E-state index contributed by atoms with van der Waals surface area (Å²) in [6.45, 7) is 0. The number of hydrogen-bond acceptors (Lipinski definition) is 1. The van der Waals surface area contributed by atoms with Gasteiger partial charge in [-0.25, -0.2) is 4.39 Å². The molecule has 0 radical (unpaired) electrons. The fourth-order valence-electron chi connectivity index (χ4n) is 2.03. The third-order valence-electron chi connectivity index (χ3n) is 3.02. The molecule has 1 nitrogen and oxygen atoms in total. The number of carbonyl (C=O) groups is 1. The molecule has 0 unspecified atom stereocenters. The maximum Gasteiger partial charge on any atom is 0.419 e. The largest absolute Gasteiger partial charge is 0.419 e. The molecule has 0 saturated heterocycles. The Hall–Kier alpha value is -2.17. The molecular formula is C16H12F4O. The Morgan fingerprint density at radius 3 is 2.19 bits per heavy atom. The van der Waals surface area contributed by atoms with E-state index in [0.29, 0.717) is 6.07 Å². The van der Waals surface area contributed by atoms with Gasteiger partial charge in [0.1, 0.15) is 11.6 Å². The molecule has 21 heavy (non-hydrogen) atoms. The predicted octanol–water partition coefficient (Wildman–Crippen LogP) is 4.20. The fourth-order valence-corrected chi connectivity index (χ4v) is 2.03. The standard InChI is InChI=1S/C16H12F4O/c17-15-12(7-4-8-14(15)16(18,19)20)10-13(21)9-11-5-2-1-3-6-11/h1-8H,9-10H2. The summed E-state index contributed by atoms with van der Waals surface area (Å²) < 4.78 is 51.6. The summed E-state index contributed by atoms with van der Waals surface area (Å²) in [6.07, 6.45) is -5.05. The number of ketones is 1. The lowest BCUT2D eigenvalue weighted by Crippen LogP contribution is -2.13. The summed E-state index contributed by atoms with van der Waals surface area (Å²) in [4.78, 5) is 11.8. The van der Waals surface area contributed by atoms with E-state index < -0.39 is 17.6 Å². The monoisotopic (exact) mass is 296 g/mol. The SMILES string of the molecule is O=C(Cc1ccccc1)Cc1cccc(C(F)(F)F)c1F. The van der Waals surface area contributed by atoms with Gasteiger partial charge in [0.15, 0.2) is 0 Å². The molecule has 110 valence electrons. The van der Waals surface area contributed by atoms with Crippen LogP contribution >= 0.6 is 0 Å². The topological polar surface area (TPSA) is 17.1 Å². The van der Waals surface area contributed by atoms with Crippen LogP contribution in [0.25, 0.3) is 0 Å². The van der Waals surface area contributed by atoms with Crippen molar-refractivity contribution in [1.29, 1.82) is 0 Å². The van der Waals surface area contributed by atoms with Gasteiger partial charge in [-0.1, -0.05) is 42.5 Å². The van der Waals surface area contributed by atoms with Gasteiger partial charge >= 0.3 is 6.18 Å². The maximum atomic E-state index is 13.8. The number of halogens is 4. The van der Waals surface area contributed by atoms with Gasteiger partial charge in [-0.15, -0.1) is 0 Å². The normalized spacial score (nSPS) is 11.4. The Balaban J connectivity index is 2.15. The molecule has 0 amide bonds. The first-order valence-corrected chi connectivity index (χ1v) is 6.28. The van der Waals surface area contributed by atoms with Crippen molar-refractivity contribution >= 4 is 5.78 Å². The molecule has 2 rings (SSSR count). The zero-order valence-corrected chi connectivity index (χ0v) is 11.0. The van der Waals surface area contributed by atoms with Gasteiger partial charge in [0.05, 0.1) is 5.56 Å². The first-order chi connectivity index (χ1) is 9.88. The Labute approximate surface area is 119 Å². The average molecular weight is 296 g/mol. The van der Waals surface area contributed by atoms with Crippen molar-refractivity contribution in [2.24, 2.45) is 0 Å². The van der Waals surface area contributed by atoms with Gasteiger partial charge in [-0.3, -0.25) is 4.79 Å². The van der Waals surface area contributed by atoms with Crippen LogP contribution in [0.4, 0.5) is 17.6 Å². The Morgan fingerprint density at radius 1 is 0.905 bits per heavy atom. The van der Waals surface area contributed by atoms with E-state index in [1.807, 2.05) is 0 Å². The first-order valence-electron chi connectivity index (χ1n) is 6.28. The van der Waals surface area contributed by atoms with Crippen LogP contribution in [-0.4, -0.2) is 5.78 Å². The predicted molar refractivity (Wildman–Crippen MR) is 70.3 cm³/mol. The van der Waals surface area contributed by atoms with Crippen molar-refractivity contribution in [3.63, 3.8) is 0 Å². The van der Waals surface area contributed by atoms with Gasteiger partial charge in [-0.05, 0) is 17.2 Å². The number of Topliss-reactive ketones (excluding diaryl/α,β-unsaturated/α-hetero) is 1. The summed E-state index contributed by atoms with van der Waals surface area (Å²) in [5.74, 6) is -1.70. The number of alkyl halides is 3. The van der Waals surface area contributed by atoms with Crippen LogP contribution in [0.3, 0.4) is 0 Å². The van der Waals surface area contributed by atoms with Gasteiger partial charge in [0.2, 0.25) is 0 Å². The minimum atomic E-state index is -4.76. The van der Waals surface area contributed by atoms with Crippen LogP contribution in [0.5, 0.6) is 0 Å². The molecule has 0 spiro atoms.